The molecule has 1 aromatic heterocycles. The van der Waals surface area contributed by atoms with Gasteiger partial charge in [-0.1, -0.05) is 18.2 Å². The van der Waals surface area contributed by atoms with Crippen LogP contribution in [0.15, 0.2) is 42.6 Å². The molecule has 0 saturated carbocycles. The highest BCUT2D eigenvalue weighted by Gasteiger charge is 2.10. The molecular formula is C13H13NO. The molecule has 0 unspecified atom stereocenters. The van der Waals surface area contributed by atoms with Gasteiger partial charge in [0.05, 0.1) is 0 Å². The summed E-state index contributed by atoms with van der Waals surface area (Å²) < 4.78 is 1.69. The van der Waals surface area contributed by atoms with E-state index in [2.05, 4.69) is 0 Å². The number of hydrogen-bond donors (Lipinski definition) is 0. The van der Waals surface area contributed by atoms with Crippen LogP contribution in [0.1, 0.15) is 21.6 Å². The van der Waals surface area contributed by atoms with E-state index >= 15 is 0 Å². The zero-order valence-corrected chi connectivity index (χ0v) is 8.90. The van der Waals surface area contributed by atoms with Crippen LogP contribution in [-0.2, 0) is 0 Å². The highest BCUT2D eigenvalue weighted by Crippen LogP contribution is 2.11. The van der Waals surface area contributed by atoms with E-state index in [0.717, 1.165) is 16.8 Å². The van der Waals surface area contributed by atoms with Crippen molar-refractivity contribution in [2.24, 2.45) is 0 Å². The van der Waals surface area contributed by atoms with Crippen molar-refractivity contribution in [3.05, 3.63) is 59.4 Å². The lowest BCUT2D eigenvalue weighted by Gasteiger charge is -2.04. The van der Waals surface area contributed by atoms with Crippen LogP contribution in [0.2, 0.25) is 0 Å². The lowest BCUT2D eigenvalue weighted by molar-refractivity contribution is 0.0958. The number of hydrogen-bond acceptors (Lipinski definition) is 1. The molecule has 1 aromatic carbocycles. The van der Waals surface area contributed by atoms with Gasteiger partial charge in [0.2, 0.25) is 0 Å². The Morgan fingerprint density at radius 1 is 1.07 bits per heavy atom. The predicted octanol–water partition coefficient (Wildman–Crippen LogP) is 2.79. The summed E-state index contributed by atoms with van der Waals surface area (Å²) in [4.78, 5) is 12.0. The van der Waals surface area contributed by atoms with Gasteiger partial charge in [0, 0.05) is 17.5 Å². The third-order valence-corrected chi connectivity index (χ3v) is 2.65. The minimum Gasteiger partial charge on any atom is -0.288 e. The normalized spacial score (nSPS) is 10.3. The van der Waals surface area contributed by atoms with Crippen LogP contribution in [0, 0.1) is 13.8 Å². The summed E-state index contributed by atoms with van der Waals surface area (Å²) in [5.74, 6) is 0.0289. The highest BCUT2D eigenvalue weighted by atomic mass is 16.2. The van der Waals surface area contributed by atoms with Gasteiger partial charge in [-0.15, -0.1) is 0 Å². The first-order valence-corrected chi connectivity index (χ1v) is 4.94. The maximum absolute atomic E-state index is 12.0. The molecule has 0 saturated heterocycles. The van der Waals surface area contributed by atoms with Gasteiger partial charge in [0.15, 0.2) is 0 Å². The molecule has 2 heteroatoms. The molecule has 2 nitrogen and oxygen atoms in total. The molecule has 15 heavy (non-hydrogen) atoms. The summed E-state index contributed by atoms with van der Waals surface area (Å²) >= 11 is 0. The van der Waals surface area contributed by atoms with Gasteiger partial charge in [0.25, 0.3) is 5.91 Å². The quantitative estimate of drug-likeness (QED) is 0.692. The number of benzene rings is 1. The molecule has 76 valence electrons. The van der Waals surface area contributed by atoms with Crippen molar-refractivity contribution in [3.8, 4) is 0 Å². The minimum absolute atomic E-state index is 0.0289. The standard InChI is InChI=1S/C13H13NO/c1-10-8-9-14(11(10)2)13(15)12-6-4-3-5-7-12/h3-9H,1-2H3. The fraction of sp³-hybridized carbons (Fsp3) is 0.154. The van der Waals surface area contributed by atoms with Crippen molar-refractivity contribution >= 4 is 5.91 Å². The van der Waals surface area contributed by atoms with Gasteiger partial charge in [-0.05, 0) is 37.6 Å². The molecule has 2 aromatic rings. The van der Waals surface area contributed by atoms with Gasteiger partial charge in [-0.3, -0.25) is 9.36 Å². The van der Waals surface area contributed by atoms with Crippen molar-refractivity contribution in [1.29, 1.82) is 0 Å². The molecule has 1 heterocycles. The summed E-state index contributed by atoms with van der Waals surface area (Å²) in [6, 6.07) is 11.3. The first kappa shape index (κ1) is 9.71. The summed E-state index contributed by atoms with van der Waals surface area (Å²) in [5, 5.41) is 0. The molecule has 2 rings (SSSR count). The van der Waals surface area contributed by atoms with Crippen LogP contribution >= 0.6 is 0 Å². The van der Waals surface area contributed by atoms with Crippen LogP contribution in [0.5, 0.6) is 0 Å². The van der Waals surface area contributed by atoms with Crippen LogP contribution in [0.3, 0.4) is 0 Å². The Hall–Kier alpha value is -1.83. The van der Waals surface area contributed by atoms with Crippen molar-refractivity contribution < 1.29 is 4.79 Å². The van der Waals surface area contributed by atoms with E-state index in [1.807, 2.05) is 56.4 Å². The maximum atomic E-state index is 12.0. The van der Waals surface area contributed by atoms with Crippen molar-refractivity contribution in [2.75, 3.05) is 0 Å². The molecule has 0 aliphatic heterocycles. The Bertz CT molecular complexity index is 482. The average molecular weight is 199 g/mol. The molecule has 0 atom stereocenters. The second-order valence-corrected chi connectivity index (χ2v) is 3.63. The lowest BCUT2D eigenvalue weighted by Crippen LogP contribution is -2.12. The van der Waals surface area contributed by atoms with Crippen molar-refractivity contribution in [1.82, 2.24) is 4.57 Å². The van der Waals surface area contributed by atoms with E-state index in [-0.39, 0.29) is 5.91 Å². The number of carbonyl (C=O) groups excluding carboxylic acids is 1. The molecule has 0 aliphatic carbocycles. The molecule has 0 aliphatic rings. The molecule has 0 N–H and O–H groups in total. The van der Waals surface area contributed by atoms with E-state index in [1.54, 1.807) is 4.57 Å². The van der Waals surface area contributed by atoms with Crippen LogP contribution < -0.4 is 0 Å². The van der Waals surface area contributed by atoms with Crippen molar-refractivity contribution in [3.63, 3.8) is 0 Å². The smallest absolute Gasteiger partial charge is 0.262 e. The first-order valence-electron chi connectivity index (χ1n) is 4.94. The summed E-state index contributed by atoms with van der Waals surface area (Å²) in [6.07, 6.45) is 1.82. The Labute approximate surface area is 89.2 Å². The summed E-state index contributed by atoms with van der Waals surface area (Å²) in [7, 11) is 0. The average Bonchev–Trinajstić information content (AvgIpc) is 2.60. The Morgan fingerprint density at radius 3 is 2.27 bits per heavy atom. The second-order valence-electron chi connectivity index (χ2n) is 3.63. The van der Waals surface area contributed by atoms with Gasteiger partial charge in [-0.2, -0.15) is 0 Å². The third-order valence-electron chi connectivity index (χ3n) is 2.65. The lowest BCUT2D eigenvalue weighted by atomic mass is 10.2. The van der Waals surface area contributed by atoms with Crippen molar-refractivity contribution in [2.45, 2.75) is 13.8 Å². The third kappa shape index (κ3) is 1.71. The molecule has 0 amide bonds. The SMILES string of the molecule is Cc1ccn(C(=O)c2ccccc2)c1C. The first-order chi connectivity index (χ1) is 7.20. The molecule has 0 radical (unpaired) electrons. The van der Waals surface area contributed by atoms with Crippen LogP contribution in [-0.4, -0.2) is 10.5 Å². The van der Waals surface area contributed by atoms with Gasteiger partial charge >= 0.3 is 0 Å². The van der Waals surface area contributed by atoms with E-state index in [4.69, 9.17) is 0 Å². The predicted molar refractivity (Wildman–Crippen MR) is 60.1 cm³/mol. The van der Waals surface area contributed by atoms with E-state index in [0.29, 0.717) is 0 Å². The Balaban J connectivity index is 2.42. The number of nitrogens with zero attached hydrogens (tertiary/aromatic N) is 1. The largest absolute Gasteiger partial charge is 0.288 e. The number of rotatable bonds is 1. The van der Waals surface area contributed by atoms with Gasteiger partial charge in [0.1, 0.15) is 0 Å². The number of carbonyl (C=O) groups is 1. The van der Waals surface area contributed by atoms with Crippen LogP contribution in [0.25, 0.3) is 0 Å². The summed E-state index contributed by atoms with van der Waals surface area (Å²) in [6.45, 7) is 3.96. The fourth-order valence-corrected chi connectivity index (χ4v) is 1.55. The number of aryl methyl sites for hydroxylation is 1. The van der Waals surface area contributed by atoms with Gasteiger partial charge in [-0.25, -0.2) is 0 Å². The second kappa shape index (κ2) is 3.73. The van der Waals surface area contributed by atoms with E-state index in [1.165, 1.54) is 0 Å². The van der Waals surface area contributed by atoms with E-state index in [9.17, 15) is 4.79 Å². The zero-order valence-electron chi connectivity index (χ0n) is 8.90. The summed E-state index contributed by atoms with van der Waals surface area (Å²) in [5.41, 5.74) is 2.86. The fourth-order valence-electron chi connectivity index (χ4n) is 1.55. The molecular weight excluding hydrogens is 186 g/mol. The van der Waals surface area contributed by atoms with E-state index < -0.39 is 0 Å². The highest BCUT2D eigenvalue weighted by molar-refractivity contribution is 5.96. The number of aromatic nitrogens is 1. The molecule has 0 spiro atoms. The maximum Gasteiger partial charge on any atom is 0.262 e. The monoisotopic (exact) mass is 199 g/mol. The zero-order chi connectivity index (χ0) is 10.8. The Kier molecular flexibility index (Phi) is 2.42. The van der Waals surface area contributed by atoms with Gasteiger partial charge < -0.3 is 0 Å². The topological polar surface area (TPSA) is 22.0 Å². The molecule has 0 fully saturated rings. The van der Waals surface area contributed by atoms with Crippen LogP contribution in [0.4, 0.5) is 0 Å². The Morgan fingerprint density at radius 2 is 1.73 bits per heavy atom. The minimum atomic E-state index is 0.0289. The molecule has 0 bridgehead atoms.